The van der Waals surface area contributed by atoms with E-state index in [0.717, 1.165) is 57.3 Å². The molecular formula is C48H89O13P. The van der Waals surface area contributed by atoms with Crippen molar-refractivity contribution >= 4 is 25.5 Å². The van der Waals surface area contributed by atoms with Gasteiger partial charge >= 0.3 is 19.8 Å². The molecule has 0 aliphatic heterocycles. The Kier molecular flexibility index (Phi) is 35.3. The number of Topliss-reactive ketones (excluding diaryl/α,β-unsaturated/α-hetero) is 1. The van der Waals surface area contributed by atoms with E-state index >= 15 is 0 Å². The molecule has 0 spiro atoms. The van der Waals surface area contributed by atoms with E-state index in [-0.39, 0.29) is 37.6 Å². The van der Waals surface area contributed by atoms with Crippen molar-refractivity contribution in [1.82, 2.24) is 0 Å². The summed E-state index contributed by atoms with van der Waals surface area (Å²) in [5.74, 6) is -0.889. The van der Waals surface area contributed by atoms with Crippen LogP contribution >= 0.6 is 7.82 Å². The van der Waals surface area contributed by atoms with E-state index in [1.165, 1.54) is 83.5 Å². The molecule has 1 unspecified atom stereocenters. The van der Waals surface area contributed by atoms with Gasteiger partial charge in [-0.15, -0.1) is 0 Å². The van der Waals surface area contributed by atoms with E-state index in [2.05, 4.69) is 20.8 Å². The van der Waals surface area contributed by atoms with Crippen molar-refractivity contribution in [2.45, 2.75) is 231 Å². The van der Waals surface area contributed by atoms with Crippen molar-refractivity contribution in [3.8, 4) is 0 Å². The van der Waals surface area contributed by atoms with Crippen molar-refractivity contribution in [1.29, 1.82) is 0 Å². The van der Waals surface area contributed by atoms with Gasteiger partial charge in [-0.1, -0.05) is 174 Å². The zero-order valence-corrected chi connectivity index (χ0v) is 39.9. The average Bonchev–Trinajstić information content (AvgIpc) is 3.51. The summed E-state index contributed by atoms with van der Waals surface area (Å²) < 4.78 is 32.8. The molecule has 0 radical (unpaired) electrons. The molecular weight excluding hydrogens is 815 g/mol. The van der Waals surface area contributed by atoms with E-state index < -0.39 is 69.9 Å². The number of ether oxygens (including phenoxy) is 2. The molecule has 364 valence electrons. The number of ketones is 1. The predicted molar refractivity (Wildman–Crippen MR) is 243 cm³/mol. The van der Waals surface area contributed by atoms with Crippen LogP contribution in [0.25, 0.3) is 0 Å². The van der Waals surface area contributed by atoms with Gasteiger partial charge in [-0.05, 0) is 37.5 Å². The fourth-order valence-corrected chi connectivity index (χ4v) is 8.70. The van der Waals surface area contributed by atoms with Crippen molar-refractivity contribution in [3.63, 3.8) is 0 Å². The molecule has 62 heavy (non-hydrogen) atoms. The minimum Gasteiger partial charge on any atom is -0.462 e. The highest BCUT2D eigenvalue weighted by Crippen LogP contribution is 2.43. The number of phosphoric acid groups is 1. The van der Waals surface area contributed by atoms with Crippen LogP contribution in [0.3, 0.4) is 0 Å². The first-order valence-electron chi connectivity index (χ1n) is 24.6. The lowest BCUT2D eigenvalue weighted by atomic mass is 9.88. The average molecular weight is 905 g/mol. The largest absolute Gasteiger partial charge is 0.472 e. The molecule has 0 aromatic carbocycles. The maximum Gasteiger partial charge on any atom is 0.472 e. The Hall–Kier alpha value is -1.70. The molecule has 1 rings (SSSR count). The number of carbonyl (C=O) groups excluding carboxylic acids is 3. The standard InChI is InChI=1S/C48H89O13P/c1-4-5-22-28-40(50)32-33-44-43(45(52)34-46(44)53)29-24-20-21-26-31-48(55)61-42(38-60-62(56,57)59-36-41(51)35-49)37-58-47(54)30-25-19-17-15-13-11-9-7-6-8-10-12-14-16-18-23-27-39(2)3/h32-33,39-45,49-52H,4-31,34-38H2,1-3H3,(H,56,57)/b33-32+/t40-,41-,42+,43+,44+,45-/m0/s1. The number of aliphatic hydroxyl groups is 4. The smallest absolute Gasteiger partial charge is 0.462 e. The predicted octanol–water partition coefficient (Wildman–Crippen LogP) is 10.0. The fourth-order valence-electron chi connectivity index (χ4n) is 7.91. The van der Waals surface area contributed by atoms with Crippen molar-refractivity contribution < 1.29 is 62.8 Å². The number of aliphatic hydroxyl groups excluding tert-OH is 4. The summed E-state index contributed by atoms with van der Waals surface area (Å²) in [5, 5.41) is 39.2. The minimum absolute atomic E-state index is 0.0150. The summed E-state index contributed by atoms with van der Waals surface area (Å²) in [6, 6.07) is 0. The summed E-state index contributed by atoms with van der Waals surface area (Å²) in [4.78, 5) is 47.9. The van der Waals surface area contributed by atoms with Gasteiger partial charge in [0.05, 0.1) is 32.0 Å². The van der Waals surface area contributed by atoms with E-state index in [1.807, 2.05) is 0 Å². The quantitative estimate of drug-likeness (QED) is 0.0168. The highest BCUT2D eigenvalue weighted by molar-refractivity contribution is 7.47. The molecule has 0 aromatic heterocycles. The van der Waals surface area contributed by atoms with Gasteiger partial charge in [-0.25, -0.2) is 4.57 Å². The van der Waals surface area contributed by atoms with Crippen LogP contribution in [0.5, 0.6) is 0 Å². The van der Waals surface area contributed by atoms with Gasteiger partial charge < -0.3 is 34.8 Å². The Morgan fingerprint density at radius 1 is 0.710 bits per heavy atom. The van der Waals surface area contributed by atoms with Crippen LogP contribution < -0.4 is 0 Å². The first-order valence-corrected chi connectivity index (χ1v) is 26.1. The van der Waals surface area contributed by atoms with E-state index in [0.29, 0.717) is 32.1 Å². The SMILES string of the molecule is CCCCC[C@H](O)/C=C/[C@H]1C(=O)C[C@H](O)[C@@H]1CCCCCCC(=O)O[C@H](COC(=O)CCCCCCCCCCCCCCCCCCC(C)C)COP(=O)(O)OC[C@@H](O)CO. The molecule has 0 bridgehead atoms. The second-order valence-corrected chi connectivity index (χ2v) is 19.6. The molecule has 1 fully saturated rings. The van der Waals surface area contributed by atoms with Crippen LogP contribution in [0.4, 0.5) is 0 Å². The summed E-state index contributed by atoms with van der Waals surface area (Å²) in [6.07, 6.45) is 27.9. The lowest BCUT2D eigenvalue weighted by molar-refractivity contribution is -0.161. The van der Waals surface area contributed by atoms with Crippen molar-refractivity contribution in [2.75, 3.05) is 26.4 Å². The molecule has 13 nitrogen and oxygen atoms in total. The number of hydrogen-bond donors (Lipinski definition) is 5. The maximum atomic E-state index is 12.8. The van der Waals surface area contributed by atoms with E-state index in [9.17, 15) is 39.2 Å². The van der Waals surface area contributed by atoms with Gasteiger partial charge in [0, 0.05) is 25.2 Å². The highest BCUT2D eigenvalue weighted by atomic mass is 31.2. The summed E-state index contributed by atoms with van der Waals surface area (Å²) in [7, 11) is -4.68. The summed E-state index contributed by atoms with van der Waals surface area (Å²) in [6.45, 7) is 4.38. The first kappa shape index (κ1) is 58.3. The first-order chi connectivity index (χ1) is 29.8. The van der Waals surface area contributed by atoms with Crippen molar-refractivity contribution in [2.24, 2.45) is 17.8 Å². The second kappa shape index (κ2) is 37.5. The van der Waals surface area contributed by atoms with Crippen LogP contribution in [0.1, 0.15) is 207 Å². The monoisotopic (exact) mass is 905 g/mol. The third-order valence-electron chi connectivity index (χ3n) is 11.8. The third kappa shape index (κ3) is 32.0. The number of esters is 2. The lowest BCUT2D eigenvalue weighted by Gasteiger charge is -2.20. The Morgan fingerprint density at radius 3 is 1.76 bits per heavy atom. The lowest BCUT2D eigenvalue weighted by Crippen LogP contribution is -2.29. The van der Waals surface area contributed by atoms with Crippen LogP contribution in [-0.4, -0.2) is 93.9 Å². The molecule has 7 atom stereocenters. The van der Waals surface area contributed by atoms with Crippen molar-refractivity contribution in [3.05, 3.63) is 12.2 Å². The van der Waals surface area contributed by atoms with Crippen LogP contribution in [0.2, 0.25) is 0 Å². The maximum absolute atomic E-state index is 12.8. The minimum atomic E-state index is -4.68. The molecule has 0 aromatic rings. The van der Waals surface area contributed by atoms with E-state index in [4.69, 9.17) is 23.6 Å². The molecule has 0 amide bonds. The van der Waals surface area contributed by atoms with Gasteiger partial charge in [-0.2, -0.15) is 0 Å². The molecule has 1 aliphatic carbocycles. The molecule has 1 aliphatic rings. The van der Waals surface area contributed by atoms with Crippen LogP contribution in [0.15, 0.2) is 12.2 Å². The Bertz CT molecular complexity index is 1210. The number of allylic oxidation sites excluding steroid dienone is 1. The number of unbranched alkanes of at least 4 members (excludes halogenated alkanes) is 20. The van der Waals surface area contributed by atoms with Gasteiger partial charge in [0.1, 0.15) is 18.5 Å². The summed E-state index contributed by atoms with van der Waals surface area (Å²) in [5.41, 5.74) is 0. The summed E-state index contributed by atoms with van der Waals surface area (Å²) >= 11 is 0. The number of hydrogen-bond acceptors (Lipinski definition) is 12. The zero-order valence-electron chi connectivity index (χ0n) is 39.0. The van der Waals surface area contributed by atoms with E-state index in [1.54, 1.807) is 12.2 Å². The third-order valence-corrected chi connectivity index (χ3v) is 12.7. The van der Waals surface area contributed by atoms with Crippen LogP contribution in [0, 0.1) is 17.8 Å². The van der Waals surface area contributed by atoms with Gasteiger partial charge in [0.2, 0.25) is 0 Å². The molecule has 1 saturated carbocycles. The zero-order chi connectivity index (χ0) is 45.9. The van der Waals surface area contributed by atoms with Gasteiger partial charge in [-0.3, -0.25) is 23.4 Å². The fraction of sp³-hybridized carbons (Fsp3) is 0.896. The number of carbonyl (C=O) groups is 3. The van der Waals surface area contributed by atoms with Gasteiger partial charge in [0.25, 0.3) is 0 Å². The normalized spacial score (nSPS) is 19.2. The topological polar surface area (TPSA) is 206 Å². The second-order valence-electron chi connectivity index (χ2n) is 18.1. The molecule has 0 heterocycles. The Morgan fingerprint density at radius 2 is 1.21 bits per heavy atom. The number of phosphoric ester groups is 1. The molecule has 0 saturated heterocycles. The molecule has 14 heteroatoms. The Balaban J connectivity index is 2.36. The molecule has 5 N–H and O–H groups in total. The Labute approximate surface area is 375 Å². The highest BCUT2D eigenvalue weighted by Gasteiger charge is 2.39. The van der Waals surface area contributed by atoms with Crippen LogP contribution in [-0.2, 0) is 37.5 Å². The number of rotatable bonds is 42. The van der Waals surface area contributed by atoms with Gasteiger partial charge in [0.15, 0.2) is 6.10 Å².